The minimum absolute atomic E-state index is 0.203. The lowest BCUT2D eigenvalue weighted by molar-refractivity contribution is -0.147. The SMILES string of the molecule is Cc1cc(Br)cc(NCc2ccc(CN3CC(O)C(O)C(O)C3CO)cc2)c1. The van der Waals surface area contributed by atoms with Gasteiger partial charge in [-0.2, -0.15) is 0 Å². The third kappa shape index (κ3) is 5.11. The van der Waals surface area contributed by atoms with Gasteiger partial charge < -0.3 is 25.7 Å². The van der Waals surface area contributed by atoms with Crippen molar-refractivity contribution in [3.63, 3.8) is 0 Å². The first-order valence-electron chi connectivity index (χ1n) is 9.35. The molecule has 5 N–H and O–H groups in total. The van der Waals surface area contributed by atoms with Crippen molar-refractivity contribution in [1.82, 2.24) is 4.90 Å². The number of aliphatic hydroxyl groups excluding tert-OH is 4. The molecule has 6 nitrogen and oxygen atoms in total. The highest BCUT2D eigenvalue weighted by atomic mass is 79.9. The van der Waals surface area contributed by atoms with Crippen molar-refractivity contribution in [2.45, 2.75) is 44.4 Å². The van der Waals surface area contributed by atoms with Gasteiger partial charge in [-0.25, -0.2) is 0 Å². The maximum absolute atomic E-state index is 10.1. The molecule has 7 heteroatoms. The number of rotatable bonds is 6. The highest BCUT2D eigenvalue weighted by Gasteiger charge is 2.40. The first-order chi connectivity index (χ1) is 13.4. The van der Waals surface area contributed by atoms with Crippen LogP contribution in [0.25, 0.3) is 0 Å². The summed E-state index contributed by atoms with van der Waals surface area (Å²) >= 11 is 3.50. The number of halogens is 1. The Morgan fingerprint density at radius 2 is 1.71 bits per heavy atom. The van der Waals surface area contributed by atoms with E-state index >= 15 is 0 Å². The minimum Gasteiger partial charge on any atom is -0.395 e. The van der Waals surface area contributed by atoms with E-state index in [1.165, 1.54) is 5.56 Å². The maximum Gasteiger partial charge on any atom is 0.109 e. The molecule has 2 aromatic carbocycles. The van der Waals surface area contributed by atoms with Gasteiger partial charge in [-0.05, 0) is 41.8 Å². The molecule has 28 heavy (non-hydrogen) atoms. The summed E-state index contributed by atoms with van der Waals surface area (Å²) in [6.45, 7) is 3.15. The third-order valence-corrected chi connectivity index (χ3v) is 5.62. The molecule has 1 saturated heterocycles. The molecular formula is C21H27BrN2O4. The molecule has 4 atom stereocenters. The van der Waals surface area contributed by atoms with Crippen molar-refractivity contribution in [1.29, 1.82) is 0 Å². The molecule has 1 aliphatic rings. The van der Waals surface area contributed by atoms with Crippen LogP contribution in [0.5, 0.6) is 0 Å². The van der Waals surface area contributed by atoms with E-state index in [2.05, 4.69) is 40.3 Å². The fourth-order valence-electron chi connectivity index (χ4n) is 3.60. The summed E-state index contributed by atoms with van der Waals surface area (Å²) in [7, 11) is 0. The maximum atomic E-state index is 10.1. The fraction of sp³-hybridized carbons (Fsp3) is 0.429. The van der Waals surface area contributed by atoms with Gasteiger partial charge in [0.2, 0.25) is 0 Å². The molecule has 0 spiro atoms. The van der Waals surface area contributed by atoms with Crippen molar-refractivity contribution in [3.05, 3.63) is 63.6 Å². The molecule has 0 saturated carbocycles. The van der Waals surface area contributed by atoms with Crippen LogP contribution in [0.4, 0.5) is 5.69 Å². The lowest BCUT2D eigenvalue weighted by Gasteiger charge is -2.43. The molecule has 0 bridgehead atoms. The predicted molar refractivity (Wildman–Crippen MR) is 112 cm³/mol. The second-order valence-corrected chi connectivity index (χ2v) is 8.33. The minimum atomic E-state index is -1.23. The molecule has 0 aliphatic carbocycles. The van der Waals surface area contributed by atoms with Crippen molar-refractivity contribution in [2.24, 2.45) is 0 Å². The Kier molecular flexibility index (Phi) is 7.09. The third-order valence-electron chi connectivity index (χ3n) is 5.16. The van der Waals surface area contributed by atoms with E-state index in [4.69, 9.17) is 0 Å². The molecule has 4 unspecified atom stereocenters. The number of benzene rings is 2. The number of aryl methyl sites for hydroxylation is 1. The number of anilines is 1. The highest BCUT2D eigenvalue weighted by Crippen LogP contribution is 2.22. The van der Waals surface area contributed by atoms with Gasteiger partial charge in [-0.1, -0.05) is 40.2 Å². The number of nitrogens with zero attached hydrogens (tertiary/aromatic N) is 1. The van der Waals surface area contributed by atoms with Crippen molar-refractivity contribution in [2.75, 3.05) is 18.5 Å². The van der Waals surface area contributed by atoms with Crippen LogP contribution < -0.4 is 5.32 Å². The molecule has 1 heterocycles. The smallest absolute Gasteiger partial charge is 0.109 e. The Bertz CT molecular complexity index is 766. The van der Waals surface area contributed by atoms with E-state index < -0.39 is 24.4 Å². The van der Waals surface area contributed by atoms with Gasteiger partial charge in [-0.15, -0.1) is 0 Å². The second-order valence-electron chi connectivity index (χ2n) is 7.42. The average Bonchev–Trinajstić information content (AvgIpc) is 2.65. The molecule has 3 rings (SSSR count). The quantitative estimate of drug-likeness (QED) is 0.458. The topological polar surface area (TPSA) is 96.2 Å². The largest absolute Gasteiger partial charge is 0.395 e. The Balaban J connectivity index is 1.61. The fourth-order valence-corrected chi connectivity index (χ4v) is 4.21. The van der Waals surface area contributed by atoms with E-state index in [9.17, 15) is 20.4 Å². The highest BCUT2D eigenvalue weighted by molar-refractivity contribution is 9.10. The lowest BCUT2D eigenvalue weighted by Crippen LogP contribution is -2.62. The predicted octanol–water partition coefficient (Wildman–Crippen LogP) is 1.63. The van der Waals surface area contributed by atoms with Crippen LogP contribution in [0, 0.1) is 6.92 Å². The van der Waals surface area contributed by atoms with Crippen LogP contribution in [0.1, 0.15) is 16.7 Å². The zero-order chi connectivity index (χ0) is 20.3. The summed E-state index contributed by atoms with van der Waals surface area (Å²) in [5.74, 6) is 0. The molecule has 1 aliphatic heterocycles. The summed E-state index contributed by atoms with van der Waals surface area (Å²) in [6, 6.07) is 13.7. The van der Waals surface area contributed by atoms with E-state index in [-0.39, 0.29) is 13.2 Å². The van der Waals surface area contributed by atoms with E-state index in [0.29, 0.717) is 13.1 Å². The Morgan fingerprint density at radius 1 is 1.04 bits per heavy atom. The van der Waals surface area contributed by atoms with Gasteiger partial charge >= 0.3 is 0 Å². The zero-order valence-electron chi connectivity index (χ0n) is 15.8. The van der Waals surface area contributed by atoms with Gasteiger partial charge in [0, 0.05) is 29.8 Å². The van der Waals surface area contributed by atoms with Crippen LogP contribution in [0.15, 0.2) is 46.9 Å². The molecule has 0 amide bonds. The monoisotopic (exact) mass is 450 g/mol. The second kappa shape index (κ2) is 9.35. The molecule has 0 aromatic heterocycles. The first-order valence-corrected chi connectivity index (χ1v) is 10.1. The number of nitrogens with one attached hydrogen (secondary N) is 1. The number of hydrogen-bond acceptors (Lipinski definition) is 6. The molecule has 152 valence electrons. The van der Waals surface area contributed by atoms with Crippen molar-refractivity contribution >= 4 is 21.6 Å². The van der Waals surface area contributed by atoms with Gasteiger partial charge in [0.1, 0.15) is 12.2 Å². The molecule has 2 aromatic rings. The summed E-state index contributed by atoms with van der Waals surface area (Å²) in [4.78, 5) is 1.81. The number of likely N-dealkylation sites (tertiary alicyclic amines) is 1. The van der Waals surface area contributed by atoms with Gasteiger partial charge in [-0.3, -0.25) is 4.90 Å². The molecule has 1 fully saturated rings. The zero-order valence-corrected chi connectivity index (χ0v) is 17.4. The number of β-amino-alcohol motifs (C(OH)–C–C–N with tert-alkyl or cyclic N) is 1. The lowest BCUT2D eigenvalue weighted by atomic mass is 9.93. The standard InChI is InChI=1S/C21H27BrN2O4/c1-13-6-16(22)8-17(7-13)23-9-14-2-4-15(5-3-14)10-24-11-19(26)21(28)20(27)18(24)12-25/h2-8,18-21,23,25-28H,9-12H2,1H3. The van der Waals surface area contributed by atoms with Crippen LogP contribution in [-0.4, -0.2) is 62.8 Å². The van der Waals surface area contributed by atoms with Crippen LogP contribution in [0.3, 0.4) is 0 Å². The summed E-state index contributed by atoms with van der Waals surface area (Å²) in [6.07, 6.45) is -3.44. The van der Waals surface area contributed by atoms with Gasteiger partial charge in [0.25, 0.3) is 0 Å². The van der Waals surface area contributed by atoms with E-state index in [1.54, 1.807) is 4.90 Å². The van der Waals surface area contributed by atoms with E-state index in [0.717, 1.165) is 21.3 Å². The molecule has 0 radical (unpaired) electrons. The van der Waals surface area contributed by atoms with Crippen molar-refractivity contribution in [3.8, 4) is 0 Å². The summed E-state index contributed by atoms with van der Waals surface area (Å²) < 4.78 is 1.04. The average molecular weight is 451 g/mol. The van der Waals surface area contributed by atoms with Gasteiger partial charge in [0.15, 0.2) is 0 Å². The number of aliphatic hydroxyl groups is 4. The summed E-state index contributed by atoms with van der Waals surface area (Å²) in [5.41, 5.74) is 4.38. The Labute approximate surface area is 173 Å². The Hall–Kier alpha value is -1.48. The van der Waals surface area contributed by atoms with Crippen LogP contribution in [-0.2, 0) is 13.1 Å². The molecular weight excluding hydrogens is 424 g/mol. The number of piperidine rings is 1. The van der Waals surface area contributed by atoms with Crippen LogP contribution in [0.2, 0.25) is 0 Å². The van der Waals surface area contributed by atoms with Crippen molar-refractivity contribution < 1.29 is 20.4 Å². The Morgan fingerprint density at radius 3 is 2.36 bits per heavy atom. The van der Waals surface area contributed by atoms with E-state index in [1.807, 2.05) is 30.3 Å². The normalized spacial score (nSPS) is 25.6. The number of hydrogen-bond donors (Lipinski definition) is 5. The van der Waals surface area contributed by atoms with Crippen LogP contribution >= 0.6 is 15.9 Å². The summed E-state index contributed by atoms with van der Waals surface area (Å²) in [5, 5.41) is 42.8. The van der Waals surface area contributed by atoms with Gasteiger partial charge in [0.05, 0.1) is 18.8 Å². The first kappa shape index (κ1) is 21.2.